The Kier molecular flexibility index (Phi) is 5.51. The molecule has 4 nitrogen and oxygen atoms in total. The first-order chi connectivity index (χ1) is 14.5. The van der Waals surface area contributed by atoms with Gasteiger partial charge in [0.05, 0.1) is 5.92 Å². The molecule has 0 heterocycles. The summed E-state index contributed by atoms with van der Waals surface area (Å²) in [4.78, 5) is 27.8. The SMILES string of the molecule is CC(C)N(C(=O)C1C[C@@]2(C)C(=CC=C3[C@H]2CC[C@]2(C)CCC[C@@H]32)C=C1C(=O)O)C(C)C. The lowest BCUT2D eigenvalue weighted by molar-refractivity contribution is -0.143. The Morgan fingerprint density at radius 1 is 1.03 bits per heavy atom. The van der Waals surface area contributed by atoms with Gasteiger partial charge in [-0.2, -0.15) is 0 Å². The van der Waals surface area contributed by atoms with E-state index in [4.69, 9.17) is 0 Å². The number of hydrogen-bond donors (Lipinski definition) is 1. The van der Waals surface area contributed by atoms with Crippen molar-refractivity contribution in [2.75, 3.05) is 0 Å². The average molecular weight is 426 g/mol. The van der Waals surface area contributed by atoms with Crippen molar-refractivity contribution in [3.05, 3.63) is 34.9 Å². The van der Waals surface area contributed by atoms with Crippen LogP contribution < -0.4 is 0 Å². The van der Waals surface area contributed by atoms with Crippen LogP contribution in [0.15, 0.2) is 34.9 Å². The fourth-order valence-corrected chi connectivity index (χ4v) is 7.47. The van der Waals surface area contributed by atoms with Gasteiger partial charge in [0.25, 0.3) is 0 Å². The van der Waals surface area contributed by atoms with Gasteiger partial charge in [0.2, 0.25) is 5.91 Å². The Balaban J connectivity index is 1.75. The van der Waals surface area contributed by atoms with Gasteiger partial charge >= 0.3 is 5.97 Å². The average Bonchev–Trinajstić information content (AvgIpc) is 3.07. The zero-order chi connectivity index (χ0) is 22.7. The normalized spacial score (nSPS) is 36.8. The van der Waals surface area contributed by atoms with E-state index in [0.29, 0.717) is 23.7 Å². The molecule has 0 aromatic carbocycles. The van der Waals surface area contributed by atoms with E-state index in [2.05, 4.69) is 26.0 Å². The number of amides is 1. The number of nitrogens with zero attached hydrogens (tertiary/aromatic N) is 1. The highest BCUT2D eigenvalue weighted by Gasteiger charge is 2.55. The van der Waals surface area contributed by atoms with Crippen LogP contribution in [0.5, 0.6) is 0 Å². The van der Waals surface area contributed by atoms with E-state index in [1.165, 1.54) is 25.7 Å². The summed E-state index contributed by atoms with van der Waals surface area (Å²) in [6.07, 6.45) is 13.2. The predicted molar refractivity (Wildman–Crippen MR) is 123 cm³/mol. The molecule has 4 aliphatic rings. The predicted octanol–water partition coefficient (Wildman–Crippen LogP) is 5.75. The maximum atomic E-state index is 13.7. The first-order valence-corrected chi connectivity index (χ1v) is 12.2. The van der Waals surface area contributed by atoms with E-state index in [1.807, 2.05) is 38.7 Å². The van der Waals surface area contributed by atoms with Crippen molar-refractivity contribution in [3.63, 3.8) is 0 Å². The van der Waals surface area contributed by atoms with Crippen molar-refractivity contribution in [2.45, 2.75) is 92.2 Å². The van der Waals surface area contributed by atoms with Crippen LogP contribution in [-0.4, -0.2) is 34.0 Å². The summed E-state index contributed by atoms with van der Waals surface area (Å²) < 4.78 is 0. The van der Waals surface area contributed by atoms with E-state index < -0.39 is 11.9 Å². The molecular formula is C27H39NO3. The van der Waals surface area contributed by atoms with Gasteiger partial charge in [0.15, 0.2) is 0 Å². The lowest BCUT2D eigenvalue weighted by Gasteiger charge is -2.53. The number of aliphatic carboxylic acids is 1. The fraction of sp³-hybridized carbons (Fsp3) is 0.704. The van der Waals surface area contributed by atoms with Gasteiger partial charge in [0.1, 0.15) is 0 Å². The van der Waals surface area contributed by atoms with Gasteiger partial charge < -0.3 is 10.0 Å². The molecule has 0 radical (unpaired) electrons. The Hall–Kier alpha value is -1.84. The summed E-state index contributed by atoms with van der Waals surface area (Å²) >= 11 is 0. The Morgan fingerprint density at radius 3 is 2.32 bits per heavy atom. The van der Waals surface area contributed by atoms with Crippen LogP contribution in [0.4, 0.5) is 0 Å². The number of fused-ring (bicyclic) bond motifs is 5. The van der Waals surface area contributed by atoms with Gasteiger partial charge in [-0.05, 0) is 88.7 Å². The van der Waals surface area contributed by atoms with Crippen molar-refractivity contribution in [1.29, 1.82) is 0 Å². The zero-order valence-corrected chi connectivity index (χ0v) is 20.1. The molecule has 0 spiro atoms. The standard InChI is InChI=1S/C27H39NO3/c1-16(2)28(17(3)4)24(29)21-15-27(6)18(14-20(21)25(30)31)9-10-19-22-8-7-12-26(22,5)13-11-23(19)27/h9-10,14,16-17,21-23H,7-8,11-13,15H2,1-6H3,(H,30,31)/t21?,22-,23+,26-,27-/m0/s1. The van der Waals surface area contributed by atoms with Crippen molar-refractivity contribution < 1.29 is 14.7 Å². The quantitative estimate of drug-likeness (QED) is 0.624. The summed E-state index contributed by atoms with van der Waals surface area (Å²) in [5.41, 5.74) is 3.18. The molecule has 170 valence electrons. The van der Waals surface area contributed by atoms with Crippen molar-refractivity contribution in [2.24, 2.45) is 28.6 Å². The molecule has 0 aromatic rings. The summed E-state index contributed by atoms with van der Waals surface area (Å²) in [6, 6.07) is 0.0889. The fourth-order valence-electron chi connectivity index (χ4n) is 7.47. The van der Waals surface area contributed by atoms with E-state index >= 15 is 0 Å². The lowest BCUT2D eigenvalue weighted by atomic mass is 9.51. The molecule has 1 amide bonds. The van der Waals surface area contributed by atoms with Gasteiger partial charge in [-0.15, -0.1) is 0 Å². The molecule has 2 saturated carbocycles. The zero-order valence-electron chi connectivity index (χ0n) is 20.1. The molecule has 0 aromatic heterocycles. The molecule has 4 aliphatic carbocycles. The van der Waals surface area contributed by atoms with Crippen LogP contribution in [0.2, 0.25) is 0 Å². The first kappa shape index (κ1) is 22.4. The van der Waals surface area contributed by atoms with E-state index in [1.54, 1.807) is 5.57 Å². The maximum absolute atomic E-state index is 13.7. The number of carboxylic acids is 1. The van der Waals surface area contributed by atoms with Gasteiger partial charge in [0, 0.05) is 23.1 Å². The second-order valence-electron chi connectivity index (χ2n) is 11.5. The molecule has 4 heteroatoms. The third kappa shape index (κ3) is 3.41. The molecule has 0 bridgehead atoms. The minimum atomic E-state index is -0.962. The van der Waals surface area contributed by atoms with E-state index in [-0.39, 0.29) is 29.0 Å². The third-order valence-corrected chi connectivity index (χ3v) is 9.00. The largest absolute Gasteiger partial charge is 0.478 e. The number of allylic oxidation sites excluding steroid dienone is 5. The van der Waals surface area contributed by atoms with Crippen molar-refractivity contribution >= 4 is 11.9 Å². The third-order valence-electron chi connectivity index (χ3n) is 9.00. The second kappa shape index (κ2) is 7.64. The highest BCUT2D eigenvalue weighted by atomic mass is 16.4. The monoisotopic (exact) mass is 425 g/mol. The van der Waals surface area contributed by atoms with Crippen LogP contribution in [0.25, 0.3) is 0 Å². The Morgan fingerprint density at radius 2 is 1.71 bits per heavy atom. The summed E-state index contributed by atoms with van der Waals surface area (Å²) in [5, 5.41) is 10.00. The topological polar surface area (TPSA) is 57.6 Å². The number of carbonyl (C=O) groups is 2. The molecule has 31 heavy (non-hydrogen) atoms. The minimum Gasteiger partial charge on any atom is -0.478 e. The highest BCUT2D eigenvalue weighted by Crippen LogP contribution is 2.63. The Bertz CT molecular complexity index is 871. The van der Waals surface area contributed by atoms with Crippen LogP contribution in [0, 0.1) is 28.6 Å². The summed E-state index contributed by atoms with van der Waals surface area (Å²) in [7, 11) is 0. The molecular weight excluding hydrogens is 386 g/mol. The molecule has 0 aliphatic heterocycles. The van der Waals surface area contributed by atoms with Crippen LogP contribution in [-0.2, 0) is 9.59 Å². The van der Waals surface area contributed by atoms with Crippen molar-refractivity contribution in [1.82, 2.24) is 4.90 Å². The van der Waals surface area contributed by atoms with Crippen LogP contribution in [0.1, 0.15) is 80.1 Å². The molecule has 1 unspecified atom stereocenters. The highest BCUT2D eigenvalue weighted by molar-refractivity contribution is 5.97. The first-order valence-electron chi connectivity index (χ1n) is 12.2. The van der Waals surface area contributed by atoms with Gasteiger partial charge in [-0.25, -0.2) is 4.79 Å². The summed E-state index contributed by atoms with van der Waals surface area (Å²) in [6.45, 7) is 12.8. The minimum absolute atomic E-state index is 0.0310. The van der Waals surface area contributed by atoms with E-state index in [9.17, 15) is 14.7 Å². The number of carboxylic acid groups (broad SMARTS) is 1. The second-order valence-corrected chi connectivity index (χ2v) is 11.5. The summed E-state index contributed by atoms with van der Waals surface area (Å²) in [5.74, 6) is -0.521. The Labute approximate surface area is 187 Å². The maximum Gasteiger partial charge on any atom is 0.332 e. The number of carbonyl (C=O) groups excluding carboxylic acids is 1. The molecule has 1 N–H and O–H groups in total. The number of rotatable bonds is 4. The van der Waals surface area contributed by atoms with Crippen LogP contribution >= 0.6 is 0 Å². The lowest BCUT2D eigenvalue weighted by Crippen LogP contribution is -2.50. The van der Waals surface area contributed by atoms with Crippen molar-refractivity contribution in [3.8, 4) is 0 Å². The van der Waals surface area contributed by atoms with Crippen LogP contribution in [0.3, 0.4) is 0 Å². The van der Waals surface area contributed by atoms with E-state index in [0.717, 1.165) is 12.0 Å². The number of hydrogen-bond acceptors (Lipinski definition) is 2. The van der Waals surface area contributed by atoms with Gasteiger partial charge in [-0.1, -0.05) is 38.0 Å². The molecule has 5 atom stereocenters. The molecule has 0 saturated heterocycles. The smallest absolute Gasteiger partial charge is 0.332 e. The molecule has 2 fully saturated rings. The molecule has 4 rings (SSSR count). The van der Waals surface area contributed by atoms with Gasteiger partial charge in [-0.3, -0.25) is 4.79 Å².